The first-order chi connectivity index (χ1) is 9.61. The minimum atomic E-state index is -0.0190. The molecule has 0 spiro atoms. The van der Waals surface area contributed by atoms with E-state index < -0.39 is 0 Å². The average Bonchev–Trinajstić information content (AvgIpc) is 2.64. The fourth-order valence-electron chi connectivity index (χ4n) is 2.76. The van der Waals surface area contributed by atoms with Gasteiger partial charge in [0.25, 0.3) is 5.91 Å². The molecule has 4 heteroatoms. The van der Waals surface area contributed by atoms with E-state index in [4.69, 9.17) is 4.74 Å². The van der Waals surface area contributed by atoms with E-state index in [1.165, 1.54) is 25.7 Å². The van der Waals surface area contributed by atoms with Crippen molar-refractivity contribution in [3.05, 3.63) is 28.2 Å². The molecule has 3 nitrogen and oxygen atoms in total. The highest BCUT2D eigenvalue weighted by Gasteiger charge is 2.23. The number of hydrogen-bond donors (Lipinski definition) is 1. The summed E-state index contributed by atoms with van der Waals surface area (Å²) < 4.78 is 5.99. The Balaban J connectivity index is 2.10. The van der Waals surface area contributed by atoms with Gasteiger partial charge in [0, 0.05) is 10.5 Å². The van der Waals surface area contributed by atoms with Gasteiger partial charge in [-0.15, -0.1) is 0 Å². The molecule has 1 N–H and O–H groups in total. The molecule has 1 amide bonds. The number of carbonyl (C=O) groups is 1. The van der Waals surface area contributed by atoms with Gasteiger partial charge in [-0.1, -0.05) is 26.2 Å². The summed E-state index contributed by atoms with van der Waals surface area (Å²) in [5.74, 6) is 1.23. The van der Waals surface area contributed by atoms with Gasteiger partial charge in [-0.3, -0.25) is 4.79 Å². The van der Waals surface area contributed by atoms with Crippen molar-refractivity contribution in [3.63, 3.8) is 0 Å². The Morgan fingerprint density at radius 1 is 1.30 bits per heavy atom. The van der Waals surface area contributed by atoms with Crippen LogP contribution in [-0.2, 0) is 0 Å². The van der Waals surface area contributed by atoms with Crippen molar-refractivity contribution in [2.45, 2.75) is 45.1 Å². The van der Waals surface area contributed by atoms with Gasteiger partial charge in [-0.25, -0.2) is 0 Å². The summed E-state index contributed by atoms with van der Waals surface area (Å²) >= 11 is 3.44. The molecule has 0 bridgehead atoms. The molecule has 0 saturated heterocycles. The van der Waals surface area contributed by atoms with Crippen LogP contribution in [0.4, 0.5) is 0 Å². The molecule has 1 aliphatic rings. The zero-order valence-electron chi connectivity index (χ0n) is 12.1. The summed E-state index contributed by atoms with van der Waals surface area (Å²) in [5, 5.41) is 3.19. The van der Waals surface area contributed by atoms with E-state index in [-0.39, 0.29) is 11.9 Å². The topological polar surface area (TPSA) is 38.3 Å². The van der Waals surface area contributed by atoms with E-state index in [9.17, 15) is 4.79 Å². The Morgan fingerprint density at radius 2 is 2.05 bits per heavy atom. The lowest BCUT2D eigenvalue weighted by Gasteiger charge is -2.23. The number of benzene rings is 1. The molecule has 2 atom stereocenters. The lowest BCUT2D eigenvalue weighted by molar-refractivity contribution is 0.0920. The zero-order valence-corrected chi connectivity index (χ0v) is 13.7. The number of nitrogens with one attached hydrogen (secondary N) is 1. The molecule has 1 saturated carbocycles. The fourth-order valence-corrected chi connectivity index (χ4v) is 3.19. The van der Waals surface area contributed by atoms with Crippen molar-refractivity contribution in [2.75, 3.05) is 7.11 Å². The minimum absolute atomic E-state index is 0.0190. The van der Waals surface area contributed by atoms with E-state index in [2.05, 4.69) is 28.2 Å². The molecule has 2 rings (SSSR count). The van der Waals surface area contributed by atoms with E-state index in [1.54, 1.807) is 13.2 Å². The number of ether oxygens (including phenoxy) is 1. The first-order valence-electron chi connectivity index (χ1n) is 7.26. The molecule has 1 aromatic rings. The Kier molecular flexibility index (Phi) is 5.46. The monoisotopic (exact) mass is 339 g/mol. The van der Waals surface area contributed by atoms with Gasteiger partial charge in [-0.2, -0.15) is 0 Å². The molecular weight excluding hydrogens is 318 g/mol. The SMILES string of the molecule is COc1ccc(Br)c(C(=O)NC2CCCCCC2C)c1. The predicted molar refractivity (Wildman–Crippen MR) is 84.2 cm³/mol. The number of hydrogen-bond acceptors (Lipinski definition) is 2. The van der Waals surface area contributed by atoms with Crippen LogP contribution >= 0.6 is 15.9 Å². The minimum Gasteiger partial charge on any atom is -0.497 e. The predicted octanol–water partition coefficient (Wildman–Crippen LogP) is 4.16. The third kappa shape index (κ3) is 3.75. The van der Waals surface area contributed by atoms with Gasteiger partial charge in [-0.05, 0) is 52.9 Å². The smallest absolute Gasteiger partial charge is 0.252 e. The highest BCUT2D eigenvalue weighted by Crippen LogP contribution is 2.25. The van der Waals surface area contributed by atoms with Crippen LogP contribution in [0.1, 0.15) is 49.4 Å². The van der Waals surface area contributed by atoms with Gasteiger partial charge in [0.1, 0.15) is 5.75 Å². The quantitative estimate of drug-likeness (QED) is 0.839. The average molecular weight is 340 g/mol. The summed E-state index contributed by atoms with van der Waals surface area (Å²) in [6, 6.07) is 5.75. The van der Waals surface area contributed by atoms with E-state index >= 15 is 0 Å². The third-order valence-electron chi connectivity index (χ3n) is 4.10. The molecule has 20 heavy (non-hydrogen) atoms. The van der Waals surface area contributed by atoms with Crippen LogP contribution in [0.2, 0.25) is 0 Å². The number of halogens is 1. The molecule has 0 heterocycles. The number of methoxy groups -OCH3 is 1. The standard InChI is InChI=1S/C16H22BrNO2/c1-11-6-4-3-5-7-15(11)18-16(19)13-10-12(20-2)8-9-14(13)17/h8-11,15H,3-7H2,1-2H3,(H,18,19). The molecule has 0 radical (unpaired) electrons. The largest absolute Gasteiger partial charge is 0.497 e. The summed E-state index contributed by atoms with van der Waals surface area (Å²) in [4.78, 5) is 12.5. The van der Waals surface area contributed by atoms with Gasteiger partial charge in [0.05, 0.1) is 12.7 Å². The van der Waals surface area contributed by atoms with Crippen molar-refractivity contribution in [1.29, 1.82) is 0 Å². The van der Waals surface area contributed by atoms with Crippen molar-refractivity contribution >= 4 is 21.8 Å². The molecule has 0 aromatic heterocycles. The normalized spacial score (nSPS) is 22.9. The van der Waals surface area contributed by atoms with E-state index in [1.807, 2.05) is 12.1 Å². The van der Waals surface area contributed by atoms with Crippen LogP contribution in [0, 0.1) is 5.92 Å². The van der Waals surface area contributed by atoms with E-state index in [0.29, 0.717) is 17.2 Å². The molecule has 1 aliphatic carbocycles. The molecule has 2 unspecified atom stereocenters. The van der Waals surface area contributed by atoms with Crippen molar-refractivity contribution in [2.24, 2.45) is 5.92 Å². The maximum atomic E-state index is 12.5. The van der Waals surface area contributed by atoms with Gasteiger partial charge in [0.15, 0.2) is 0 Å². The van der Waals surface area contributed by atoms with Crippen LogP contribution in [0.15, 0.2) is 22.7 Å². The number of rotatable bonds is 3. The fraction of sp³-hybridized carbons (Fsp3) is 0.562. The molecule has 110 valence electrons. The summed E-state index contributed by atoms with van der Waals surface area (Å²) in [6.07, 6.45) is 6.03. The van der Waals surface area contributed by atoms with Crippen LogP contribution in [0.25, 0.3) is 0 Å². The lowest BCUT2D eigenvalue weighted by atomic mass is 9.96. The summed E-state index contributed by atoms with van der Waals surface area (Å²) in [5.41, 5.74) is 0.640. The van der Waals surface area contributed by atoms with Crippen LogP contribution in [0.5, 0.6) is 5.75 Å². The van der Waals surface area contributed by atoms with Crippen LogP contribution < -0.4 is 10.1 Å². The first kappa shape index (κ1) is 15.4. The Labute approximate surface area is 129 Å². The number of amides is 1. The van der Waals surface area contributed by atoms with Gasteiger partial charge >= 0.3 is 0 Å². The Hall–Kier alpha value is -1.03. The zero-order chi connectivity index (χ0) is 14.5. The Bertz CT molecular complexity index is 476. The lowest BCUT2D eigenvalue weighted by Crippen LogP contribution is -2.39. The summed E-state index contributed by atoms with van der Waals surface area (Å²) in [7, 11) is 1.61. The van der Waals surface area contributed by atoms with Crippen molar-refractivity contribution < 1.29 is 9.53 Å². The summed E-state index contributed by atoms with van der Waals surface area (Å²) in [6.45, 7) is 2.23. The molecule has 1 aromatic carbocycles. The van der Waals surface area contributed by atoms with Crippen LogP contribution in [-0.4, -0.2) is 19.1 Å². The third-order valence-corrected chi connectivity index (χ3v) is 4.79. The second kappa shape index (κ2) is 7.11. The first-order valence-corrected chi connectivity index (χ1v) is 8.05. The van der Waals surface area contributed by atoms with Crippen molar-refractivity contribution in [3.8, 4) is 5.75 Å². The second-order valence-electron chi connectivity index (χ2n) is 5.54. The molecule has 1 fully saturated rings. The van der Waals surface area contributed by atoms with E-state index in [0.717, 1.165) is 10.9 Å². The highest BCUT2D eigenvalue weighted by molar-refractivity contribution is 9.10. The number of carbonyl (C=O) groups excluding carboxylic acids is 1. The second-order valence-corrected chi connectivity index (χ2v) is 6.40. The van der Waals surface area contributed by atoms with Gasteiger partial charge < -0.3 is 10.1 Å². The van der Waals surface area contributed by atoms with Crippen molar-refractivity contribution in [1.82, 2.24) is 5.32 Å². The van der Waals surface area contributed by atoms with Crippen LogP contribution in [0.3, 0.4) is 0 Å². The maximum Gasteiger partial charge on any atom is 0.252 e. The van der Waals surface area contributed by atoms with Gasteiger partial charge in [0.2, 0.25) is 0 Å². The molecular formula is C16H22BrNO2. The maximum absolute atomic E-state index is 12.5. The Morgan fingerprint density at radius 3 is 2.80 bits per heavy atom. The molecule has 0 aliphatic heterocycles. The highest BCUT2D eigenvalue weighted by atomic mass is 79.9.